The van der Waals surface area contributed by atoms with Gasteiger partial charge in [0.2, 0.25) is 0 Å². The number of nitrogens with one attached hydrogen (secondary N) is 1. The van der Waals surface area contributed by atoms with Gasteiger partial charge in [0, 0.05) is 11.9 Å². The van der Waals surface area contributed by atoms with Crippen LogP contribution in [0.2, 0.25) is 0 Å². The van der Waals surface area contributed by atoms with Gasteiger partial charge in [0.05, 0.1) is 23.7 Å². The largest absolute Gasteiger partial charge is 0.478 e. The lowest BCUT2D eigenvalue weighted by atomic mass is 10.2. The third-order valence-electron chi connectivity index (χ3n) is 3.00. The molecule has 0 radical (unpaired) electrons. The van der Waals surface area contributed by atoms with E-state index in [0.29, 0.717) is 22.5 Å². The number of carbonyl (C=O) groups is 1. The topological polar surface area (TPSA) is 98.9 Å². The van der Waals surface area contributed by atoms with Gasteiger partial charge >= 0.3 is 5.97 Å². The molecule has 6 nitrogen and oxygen atoms in total. The van der Waals surface area contributed by atoms with Crippen molar-refractivity contribution in [2.24, 2.45) is 0 Å². The molecule has 0 aliphatic heterocycles. The van der Waals surface area contributed by atoms with Gasteiger partial charge in [-0.1, -0.05) is 11.3 Å². The number of thiazole rings is 1. The van der Waals surface area contributed by atoms with Crippen LogP contribution in [0.3, 0.4) is 0 Å². The number of aromatic nitrogens is 2. The molecule has 3 aromatic rings. The highest BCUT2D eigenvalue weighted by Gasteiger charge is 2.09. The summed E-state index contributed by atoms with van der Waals surface area (Å²) in [6.45, 7) is 0.509. The van der Waals surface area contributed by atoms with E-state index in [4.69, 9.17) is 10.4 Å². The molecule has 0 unspecified atom stereocenters. The molecule has 0 saturated carbocycles. The number of pyridine rings is 1. The van der Waals surface area contributed by atoms with E-state index < -0.39 is 5.97 Å². The van der Waals surface area contributed by atoms with Crippen LogP contribution in [0, 0.1) is 11.3 Å². The maximum Gasteiger partial charge on any atom is 0.337 e. The minimum absolute atomic E-state index is 0.129. The summed E-state index contributed by atoms with van der Waals surface area (Å²) in [5, 5.41) is 21.7. The van der Waals surface area contributed by atoms with E-state index in [1.807, 2.05) is 12.1 Å². The number of nitrogens with zero attached hydrogens (tertiary/aromatic N) is 3. The molecule has 1 aromatic carbocycles. The Labute approximate surface area is 129 Å². The summed E-state index contributed by atoms with van der Waals surface area (Å²) in [7, 11) is 0. The zero-order chi connectivity index (χ0) is 15.5. The maximum absolute atomic E-state index is 10.9. The first kappa shape index (κ1) is 14.0. The predicted molar refractivity (Wildman–Crippen MR) is 82.9 cm³/mol. The second kappa shape index (κ2) is 5.79. The Bertz CT molecular complexity index is 881. The van der Waals surface area contributed by atoms with Gasteiger partial charge in [0.1, 0.15) is 15.4 Å². The minimum atomic E-state index is -1.01. The van der Waals surface area contributed by atoms with Crippen LogP contribution < -0.4 is 5.32 Å². The van der Waals surface area contributed by atoms with Gasteiger partial charge < -0.3 is 10.4 Å². The smallest absolute Gasteiger partial charge is 0.337 e. The highest BCUT2D eigenvalue weighted by Crippen LogP contribution is 2.21. The lowest BCUT2D eigenvalue weighted by Crippen LogP contribution is -1.98. The molecule has 0 bridgehead atoms. The van der Waals surface area contributed by atoms with Gasteiger partial charge in [-0.25, -0.2) is 14.8 Å². The number of hydrogen-bond donors (Lipinski definition) is 2. The summed E-state index contributed by atoms with van der Waals surface area (Å²) in [6, 6.07) is 10.7. The molecule has 3 rings (SSSR count). The Morgan fingerprint density at radius 1 is 1.36 bits per heavy atom. The molecule has 0 spiro atoms. The van der Waals surface area contributed by atoms with Crippen molar-refractivity contribution in [2.45, 2.75) is 6.54 Å². The third-order valence-corrected chi connectivity index (χ3v) is 3.98. The first-order chi connectivity index (χ1) is 10.7. The highest BCUT2D eigenvalue weighted by molar-refractivity contribution is 7.18. The van der Waals surface area contributed by atoms with Crippen molar-refractivity contribution in [2.75, 3.05) is 5.32 Å². The van der Waals surface area contributed by atoms with E-state index in [0.717, 1.165) is 10.7 Å². The van der Waals surface area contributed by atoms with E-state index in [2.05, 4.69) is 21.4 Å². The Morgan fingerprint density at radius 2 is 2.14 bits per heavy atom. The monoisotopic (exact) mass is 310 g/mol. The molecule has 0 saturated heterocycles. The summed E-state index contributed by atoms with van der Waals surface area (Å²) in [5.74, 6) is -1.01. The van der Waals surface area contributed by atoms with Crippen LogP contribution in [0.25, 0.3) is 10.3 Å². The molecule has 2 heterocycles. The summed E-state index contributed by atoms with van der Waals surface area (Å²) in [4.78, 5) is 20.1. The molecule has 0 amide bonds. The van der Waals surface area contributed by atoms with Crippen molar-refractivity contribution in [3.8, 4) is 6.07 Å². The van der Waals surface area contributed by atoms with Crippen LogP contribution in [0.4, 0.5) is 5.69 Å². The quantitative estimate of drug-likeness (QED) is 0.768. The molecule has 0 atom stereocenters. The molecule has 2 N–H and O–H groups in total. The number of rotatable bonds is 4. The number of benzene rings is 1. The van der Waals surface area contributed by atoms with Crippen molar-refractivity contribution < 1.29 is 9.90 Å². The van der Waals surface area contributed by atoms with Gasteiger partial charge in [0.15, 0.2) is 0 Å². The predicted octanol–water partition coefficient (Wildman–Crippen LogP) is 2.87. The molecule has 108 valence electrons. The summed E-state index contributed by atoms with van der Waals surface area (Å²) >= 11 is 1.41. The summed E-state index contributed by atoms with van der Waals surface area (Å²) in [5.41, 5.74) is 2.21. The number of anilines is 1. The molecule has 22 heavy (non-hydrogen) atoms. The van der Waals surface area contributed by atoms with E-state index >= 15 is 0 Å². The Hall–Kier alpha value is -2.98. The van der Waals surface area contributed by atoms with Crippen LogP contribution in [-0.2, 0) is 6.54 Å². The maximum atomic E-state index is 10.9. The van der Waals surface area contributed by atoms with Gasteiger partial charge in [-0.15, -0.1) is 0 Å². The molecule has 7 heteroatoms. The lowest BCUT2D eigenvalue weighted by Gasteiger charge is -2.03. The Balaban J connectivity index is 1.76. The summed E-state index contributed by atoms with van der Waals surface area (Å²) < 4.78 is 0. The molecule has 0 fully saturated rings. The highest BCUT2D eigenvalue weighted by atomic mass is 32.1. The standard InChI is InChI=1S/C15H10N4O2S/c16-6-9-1-3-11(4-2-9)17-8-13-19-12-5-10(15(20)21)7-18-14(12)22-13/h1-5,7,17H,8H2,(H,20,21). The van der Waals surface area contributed by atoms with Gasteiger partial charge in [0.25, 0.3) is 0 Å². The average Bonchev–Trinajstić information content (AvgIpc) is 2.95. The number of aromatic carboxylic acids is 1. The van der Waals surface area contributed by atoms with E-state index in [1.54, 1.807) is 12.1 Å². The lowest BCUT2D eigenvalue weighted by molar-refractivity contribution is 0.0696. The fourth-order valence-electron chi connectivity index (χ4n) is 1.90. The van der Waals surface area contributed by atoms with Crippen molar-refractivity contribution in [3.05, 3.63) is 52.7 Å². The van der Waals surface area contributed by atoms with Crippen LogP contribution in [0.1, 0.15) is 20.9 Å². The number of nitriles is 1. The zero-order valence-corrected chi connectivity index (χ0v) is 12.1. The zero-order valence-electron chi connectivity index (χ0n) is 11.3. The number of carboxylic acid groups (broad SMARTS) is 1. The number of carboxylic acids is 1. The van der Waals surface area contributed by atoms with E-state index in [9.17, 15) is 4.79 Å². The SMILES string of the molecule is N#Cc1ccc(NCc2nc3cc(C(=O)O)cnc3s2)cc1. The van der Waals surface area contributed by atoms with Crippen molar-refractivity contribution in [3.63, 3.8) is 0 Å². The first-order valence-corrected chi connectivity index (χ1v) is 7.20. The normalized spacial score (nSPS) is 10.3. The third kappa shape index (κ3) is 2.87. The Morgan fingerprint density at radius 3 is 2.82 bits per heavy atom. The van der Waals surface area contributed by atoms with Gasteiger partial charge in [-0.2, -0.15) is 5.26 Å². The van der Waals surface area contributed by atoms with Crippen molar-refractivity contribution in [1.82, 2.24) is 9.97 Å². The molecular formula is C15H10N4O2S. The fourth-order valence-corrected chi connectivity index (χ4v) is 2.73. The molecule has 0 aliphatic carbocycles. The molecule has 0 aliphatic rings. The average molecular weight is 310 g/mol. The van der Waals surface area contributed by atoms with Gasteiger partial charge in [-0.05, 0) is 30.3 Å². The van der Waals surface area contributed by atoms with Crippen LogP contribution >= 0.6 is 11.3 Å². The number of fused-ring (bicyclic) bond motifs is 1. The van der Waals surface area contributed by atoms with Crippen LogP contribution in [-0.4, -0.2) is 21.0 Å². The number of hydrogen-bond acceptors (Lipinski definition) is 6. The fraction of sp³-hybridized carbons (Fsp3) is 0.0667. The van der Waals surface area contributed by atoms with Crippen molar-refractivity contribution in [1.29, 1.82) is 5.26 Å². The van der Waals surface area contributed by atoms with Gasteiger partial charge in [-0.3, -0.25) is 0 Å². The van der Waals surface area contributed by atoms with E-state index in [1.165, 1.54) is 23.6 Å². The van der Waals surface area contributed by atoms with Crippen LogP contribution in [0.5, 0.6) is 0 Å². The molecular weight excluding hydrogens is 300 g/mol. The minimum Gasteiger partial charge on any atom is -0.478 e. The second-order valence-electron chi connectivity index (χ2n) is 4.50. The summed E-state index contributed by atoms with van der Waals surface area (Å²) in [6.07, 6.45) is 1.33. The van der Waals surface area contributed by atoms with E-state index in [-0.39, 0.29) is 5.56 Å². The molecule has 2 aromatic heterocycles. The van der Waals surface area contributed by atoms with Crippen LogP contribution in [0.15, 0.2) is 36.5 Å². The first-order valence-electron chi connectivity index (χ1n) is 6.38. The van der Waals surface area contributed by atoms with Crippen molar-refractivity contribution >= 4 is 33.3 Å². The Kier molecular flexibility index (Phi) is 3.68. The second-order valence-corrected chi connectivity index (χ2v) is 5.57.